The zero-order valence-corrected chi connectivity index (χ0v) is 22.4. The molecule has 0 aliphatic carbocycles. The van der Waals surface area contributed by atoms with Gasteiger partial charge in [-0.3, -0.25) is 28.7 Å². The van der Waals surface area contributed by atoms with Crippen LogP contribution in [0.5, 0.6) is 0 Å². The molecule has 0 bridgehead atoms. The molecule has 0 unspecified atom stereocenters. The first kappa shape index (κ1) is 32.5. The lowest BCUT2D eigenvalue weighted by Crippen LogP contribution is -2.44. The third-order valence-corrected chi connectivity index (χ3v) is 6.86. The molecule has 19 nitrogen and oxygen atoms in total. The minimum atomic E-state index is -2.10. The Morgan fingerprint density at radius 3 is 1.86 bits per heavy atom. The summed E-state index contributed by atoms with van der Waals surface area (Å²) in [4.78, 5) is 55.3. The summed E-state index contributed by atoms with van der Waals surface area (Å²) < 4.78 is 13.1. The molecule has 5 N–H and O–H groups in total. The van der Waals surface area contributed by atoms with Crippen molar-refractivity contribution in [2.45, 2.75) is 42.5 Å². The number of aromatic amines is 2. The van der Waals surface area contributed by atoms with Crippen LogP contribution in [0.4, 0.5) is 0 Å². The SMILES string of the molecule is C=CC[C@@]1(N=[N+]=[N-])O[C@@H](n2ccc(=O)[nH]c2=O)[C@H](C=C)[C@@H]1C=C.[N-]=[N+]=N[C@]1(CO)O[C@@H](n2ccc(=O)[nH]c2=O)[C@H](O)[C@@H]1O. The fourth-order valence-electron chi connectivity index (χ4n) is 4.86. The Morgan fingerprint density at radius 2 is 1.42 bits per heavy atom. The van der Waals surface area contributed by atoms with Crippen molar-refractivity contribution in [2.75, 3.05) is 6.61 Å². The summed E-state index contributed by atoms with van der Waals surface area (Å²) in [5.41, 5.74) is 11.3. The summed E-state index contributed by atoms with van der Waals surface area (Å²) in [5, 5.41) is 35.9. The number of hydrogen-bond acceptors (Lipinski definition) is 11. The largest absolute Gasteiger partial charge is 0.393 e. The third-order valence-electron chi connectivity index (χ3n) is 6.86. The van der Waals surface area contributed by atoms with Gasteiger partial charge in [0.2, 0.25) is 5.72 Å². The van der Waals surface area contributed by atoms with Gasteiger partial charge in [0.1, 0.15) is 18.4 Å². The number of azide groups is 2. The first-order valence-electron chi connectivity index (χ1n) is 12.4. The van der Waals surface area contributed by atoms with Crippen LogP contribution in [0.1, 0.15) is 18.9 Å². The van der Waals surface area contributed by atoms with Gasteiger partial charge in [0.05, 0.1) is 6.61 Å². The van der Waals surface area contributed by atoms with Gasteiger partial charge in [-0.15, -0.1) is 19.7 Å². The summed E-state index contributed by atoms with van der Waals surface area (Å²) in [6.45, 7) is 10.3. The number of aliphatic hydroxyl groups is 3. The molecular weight excluding hydrogens is 572 g/mol. The Labute approximate surface area is 240 Å². The first-order chi connectivity index (χ1) is 20.5. The monoisotopic (exact) mass is 600 g/mol. The predicted molar refractivity (Wildman–Crippen MR) is 148 cm³/mol. The third kappa shape index (κ3) is 6.13. The number of ether oxygens (including phenoxy) is 2. The predicted octanol–water partition coefficient (Wildman–Crippen LogP) is 0.0386. The van der Waals surface area contributed by atoms with Crippen LogP contribution in [-0.2, 0) is 9.47 Å². The standard InChI is InChI=1S/C15H17N5O3.C9H11N5O6/c1-4-8-15(18-19-16)11(6-3)10(5-2)13(23-15)20-9-7-12(21)17-14(20)22;10-13-12-9(3-15)6(18)5(17)7(20-9)14-2-1-4(16)11-8(14)19/h4-7,9-11,13H,1-3,8H2,(H,17,21,22);1-2,5-7,15,17-18H,3H2,(H,11,16,19)/t10-,11+,13-,15-;5-,6+,7-,9-/m11/s1. The number of nitrogens with zero attached hydrogens (tertiary/aromatic N) is 8. The molecule has 43 heavy (non-hydrogen) atoms. The molecule has 0 radical (unpaired) electrons. The second kappa shape index (κ2) is 13.3. The molecule has 4 rings (SSSR count). The smallest absolute Gasteiger partial charge is 0.330 e. The highest BCUT2D eigenvalue weighted by atomic mass is 16.6. The van der Waals surface area contributed by atoms with E-state index in [9.17, 15) is 34.5 Å². The topological polar surface area (TPSA) is 286 Å². The molecule has 19 heteroatoms. The number of nitrogens with one attached hydrogen (secondary N) is 2. The summed E-state index contributed by atoms with van der Waals surface area (Å²) in [5.74, 6) is -0.778. The van der Waals surface area contributed by atoms with E-state index in [-0.39, 0.29) is 12.3 Å². The highest BCUT2D eigenvalue weighted by molar-refractivity contribution is 5.12. The summed E-state index contributed by atoms with van der Waals surface area (Å²) in [6, 6.07) is 2.23. The molecule has 2 aliphatic rings. The molecule has 4 heterocycles. The molecule has 0 spiro atoms. The van der Waals surface area contributed by atoms with Crippen molar-refractivity contribution < 1.29 is 24.8 Å². The number of aromatic nitrogens is 4. The fourth-order valence-corrected chi connectivity index (χ4v) is 4.86. The Kier molecular flexibility index (Phi) is 10.1. The number of rotatable bonds is 9. The first-order valence-corrected chi connectivity index (χ1v) is 12.4. The van der Waals surface area contributed by atoms with Crippen LogP contribution in [0.3, 0.4) is 0 Å². The molecule has 0 saturated carbocycles. The molecule has 0 amide bonds. The van der Waals surface area contributed by atoms with E-state index < -0.39 is 71.1 Å². The second-order valence-corrected chi connectivity index (χ2v) is 9.28. The quantitative estimate of drug-likeness (QED) is 0.112. The summed E-state index contributed by atoms with van der Waals surface area (Å²) >= 11 is 0. The molecule has 2 aromatic rings. The van der Waals surface area contributed by atoms with Gasteiger partial charge in [-0.25, -0.2) is 9.59 Å². The van der Waals surface area contributed by atoms with Crippen molar-refractivity contribution in [3.63, 3.8) is 0 Å². The van der Waals surface area contributed by atoms with E-state index in [2.05, 4.69) is 44.8 Å². The zero-order chi connectivity index (χ0) is 31.9. The Hall–Kier alpha value is -5.00. The van der Waals surface area contributed by atoms with Crippen LogP contribution in [0, 0.1) is 11.8 Å². The van der Waals surface area contributed by atoms with Crippen molar-refractivity contribution in [2.24, 2.45) is 22.1 Å². The van der Waals surface area contributed by atoms with Crippen LogP contribution in [0.25, 0.3) is 20.9 Å². The van der Waals surface area contributed by atoms with Crippen LogP contribution in [-0.4, -0.2) is 64.7 Å². The molecule has 2 aromatic heterocycles. The molecule has 228 valence electrons. The van der Waals surface area contributed by atoms with Gasteiger partial charge < -0.3 is 24.8 Å². The van der Waals surface area contributed by atoms with Gasteiger partial charge >= 0.3 is 11.4 Å². The van der Waals surface area contributed by atoms with Gasteiger partial charge in [-0.1, -0.05) is 28.5 Å². The average molecular weight is 601 g/mol. The molecule has 2 saturated heterocycles. The highest BCUT2D eigenvalue weighted by Gasteiger charge is 2.55. The fraction of sp³-hybridized carbons (Fsp3) is 0.417. The minimum absolute atomic E-state index is 0.243. The van der Waals surface area contributed by atoms with Crippen molar-refractivity contribution in [1.29, 1.82) is 0 Å². The molecule has 2 aliphatic heterocycles. The number of hydrogen-bond donors (Lipinski definition) is 5. The van der Waals surface area contributed by atoms with Gasteiger partial charge in [-0.05, 0) is 11.1 Å². The number of aliphatic hydroxyl groups excluding tert-OH is 3. The lowest BCUT2D eigenvalue weighted by molar-refractivity contribution is -0.125. The maximum absolute atomic E-state index is 12.1. The van der Waals surface area contributed by atoms with E-state index >= 15 is 0 Å². The van der Waals surface area contributed by atoms with Crippen molar-refractivity contribution >= 4 is 0 Å². The van der Waals surface area contributed by atoms with Crippen LogP contribution in [0.15, 0.2) is 91.9 Å². The van der Waals surface area contributed by atoms with E-state index in [0.717, 1.165) is 16.8 Å². The van der Waals surface area contributed by atoms with Crippen LogP contribution >= 0.6 is 0 Å². The second-order valence-electron chi connectivity index (χ2n) is 9.28. The molecule has 2 fully saturated rings. The van der Waals surface area contributed by atoms with Crippen molar-refractivity contribution in [3.05, 3.63) is 125 Å². The van der Waals surface area contributed by atoms with Crippen molar-refractivity contribution in [3.8, 4) is 0 Å². The van der Waals surface area contributed by atoms with Gasteiger partial charge in [0.25, 0.3) is 11.1 Å². The van der Waals surface area contributed by atoms with Gasteiger partial charge in [-0.2, -0.15) is 0 Å². The maximum atomic E-state index is 12.1. The molecule has 0 aromatic carbocycles. The highest BCUT2D eigenvalue weighted by Crippen LogP contribution is 2.49. The van der Waals surface area contributed by atoms with E-state index in [4.69, 9.17) is 20.5 Å². The van der Waals surface area contributed by atoms with Crippen LogP contribution < -0.4 is 22.5 Å². The van der Waals surface area contributed by atoms with Crippen LogP contribution in [0.2, 0.25) is 0 Å². The summed E-state index contributed by atoms with van der Waals surface area (Å²) in [6.07, 6.45) is 1.83. The Balaban J connectivity index is 0.000000238. The summed E-state index contributed by atoms with van der Waals surface area (Å²) in [7, 11) is 0. The lowest BCUT2D eigenvalue weighted by Gasteiger charge is -2.27. The minimum Gasteiger partial charge on any atom is -0.393 e. The molecular formula is C24H28N10O9. The Morgan fingerprint density at radius 1 is 0.907 bits per heavy atom. The van der Waals surface area contributed by atoms with E-state index in [1.807, 2.05) is 4.98 Å². The molecule has 8 atom stereocenters. The lowest BCUT2D eigenvalue weighted by atomic mass is 9.84. The van der Waals surface area contributed by atoms with Crippen molar-refractivity contribution in [1.82, 2.24) is 19.1 Å². The van der Waals surface area contributed by atoms with E-state index in [1.54, 1.807) is 18.2 Å². The number of H-pyrrole nitrogens is 2. The Bertz CT molecular complexity index is 1700. The van der Waals surface area contributed by atoms with Gasteiger partial charge in [0.15, 0.2) is 12.0 Å². The van der Waals surface area contributed by atoms with Gasteiger partial charge in [0, 0.05) is 52.6 Å². The normalized spacial score (nSPS) is 31.0. The van der Waals surface area contributed by atoms with E-state index in [0.29, 0.717) is 0 Å². The van der Waals surface area contributed by atoms with E-state index in [1.165, 1.54) is 16.8 Å². The zero-order valence-electron chi connectivity index (χ0n) is 22.4. The average Bonchev–Trinajstić information content (AvgIpc) is 3.40. The maximum Gasteiger partial charge on any atom is 0.330 e.